The molecule has 0 unspecified atom stereocenters. The molecular weight excluding hydrogens is 296 g/mol. The number of benzene rings is 1. The SMILES string of the molecule is Cc1ccc(Oc2ncc(CN3C[C@@H](C)O[C@H](C)C3)s2)cc1. The van der Waals surface area contributed by atoms with Crippen molar-refractivity contribution in [3.05, 3.63) is 40.9 Å². The van der Waals surface area contributed by atoms with E-state index in [1.165, 1.54) is 10.4 Å². The lowest BCUT2D eigenvalue weighted by molar-refractivity contribution is -0.0702. The van der Waals surface area contributed by atoms with Crippen molar-refractivity contribution in [3.63, 3.8) is 0 Å². The molecule has 1 aromatic carbocycles. The first-order chi connectivity index (χ1) is 10.6. The Morgan fingerprint density at radius 3 is 2.59 bits per heavy atom. The Kier molecular flexibility index (Phi) is 4.76. The van der Waals surface area contributed by atoms with Gasteiger partial charge in [-0.15, -0.1) is 0 Å². The summed E-state index contributed by atoms with van der Waals surface area (Å²) in [5, 5.41) is 0.702. The molecule has 1 fully saturated rings. The zero-order valence-corrected chi connectivity index (χ0v) is 14.1. The lowest BCUT2D eigenvalue weighted by Crippen LogP contribution is -2.44. The second-order valence-electron chi connectivity index (χ2n) is 5.96. The molecule has 2 aromatic rings. The monoisotopic (exact) mass is 318 g/mol. The lowest BCUT2D eigenvalue weighted by Gasteiger charge is -2.34. The van der Waals surface area contributed by atoms with E-state index in [1.54, 1.807) is 11.3 Å². The summed E-state index contributed by atoms with van der Waals surface area (Å²) in [7, 11) is 0. The molecule has 5 heteroatoms. The molecule has 1 aromatic heterocycles. The van der Waals surface area contributed by atoms with Crippen molar-refractivity contribution >= 4 is 11.3 Å². The van der Waals surface area contributed by atoms with Gasteiger partial charge in [0.25, 0.3) is 5.19 Å². The van der Waals surface area contributed by atoms with Crippen molar-refractivity contribution in [2.24, 2.45) is 0 Å². The highest BCUT2D eigenvalue weighted by atomic mass is 32.1. The quantitative estimate of drug-likeness (QED) is 0.857. The molecule has 0 aliphatic carbocycles. The van der Waals surface area contributed by atoms with Crippen molar-refractivity contribution in [2.45, 2.75) is 39.5 Å². The van der Waals surface area contributed by atoms with E-state index < -0.39 is 0 Å². The minimum atomic E-state index is 0.292. The topological polar surface area (TPSA) is 34.6 Å². The highest BCUT2D eigenvalue weighted by Gasteiger charge is 2.22. The van der Waals surface area contributed by atoms with Crippen molar-refractivity contribution in [3.8, 4) is 10.9 Å². The van der Waals surface area contributed by atoms with Crippen molar-refractivity contribution < 1.29 is 9.47 Å². The number of rotatable bonds is 4. The number of nitrogens with zero attached hydrogens (tertiary/aromatic N) is 2. The summed E-state index contributed by atoms with van der Waals surface area (Å²) in [5.41, 5.74) is 1.22. The largest absolute Gasteiger partial charge is 0.431 e. The smallest absolute Gasteiger partial charge is 0.278 e. The molecule has 1 aliphatic rings. The minimum Gasteiger partial charge on any atom is -0.431 e. The highest BCUT2D eigenvalue weighted by Crippen LogP contribution is 2.28. The van der Waals surface area contributed by atoms with Crippen LogP contribution in [-0.2, 0) is 11.3 Å². The number of hydrogen-bond donors (Lipinski definition) is 0. The van der Waals surface area contributed by atoms with Crippen molar-refractivity contribution in [2.75, 3.05) is 13.1 Å². The fourth-order valence-electron chi connectivity index (χ4n) is 2.75. The number of thiazole rings is 1. The van der Waals surface area contributed by atoms with Crippen LogP contribution in [-0.4, -0.2) is 35.2 Å². The van der Waals surface area contributed by atoms with Crippen molar-refractivity contribution in [1.29, 1.82) is 0 Å². The maximum atomic E-state index is 5.81. The maximum absolute atomic E-state index is 5.81. The number of hydrogen-bond acceptors (Lipinski definition) is 5. The lowest BCUT2D eigenvalue weighted by atomic mass is 10.2. The minimum absolute atomic E-state index is 0.292. The predicted molar refractivity (Wildman–Crippen MR) is 88.7 cm³/mol. The van der Waals surface area contributed by atoms with Crippen LogP contribution in [0.1, 0.15) is 24.3 Å². The van der Waals surface area contributed by atoms with Crippen molar-refractivity contribution in [1.82, 2.24) is 9.88 Å². The Morgan fingerprint density at radius 2 is 1.91 bits per heavy atom. The Balaban J connectivity index is 1.60. The summed E-state index contributed by atoms with van der Waals surface area (Å²) < 4.78 is 11.6. The summed E-state index contributed by atoms with van der Waals surface area (Å²) in [6, 6.07) is 8.03. The molecule has 4 nitrogen and oxygen atoms in total. The second-order valence-corrected chi connectivity index (χ2v) is 7.04. The summed E-state index contributed by atoms with van der Waals surface area (Å²) >= 11 is 1.61. The fourth-order valence-corrected chi connectivity index (χ4v) is 3.57. The molecule has 0 spiro atoms. The standard InChI is InChI=1S/C17H22N2O2S/c1-12-4-6-15(7-5-12)21-17-18-8-16(22-17)11-19-9-13(2)20-14(3)10-19/h4-8,13-14H,9-11H2,1-3H3/t13-,14-/m1/s1. The third-order valence-corrected chi connectivity index (χ3v) is 4.49. The van der Waals surface area contributed by atoms with Crippen LogP contribution in [0, 0.1) is 6.92 Å². The Labute approximate surface area is 135 Å². The van der Waals surface area contributed by atoms with Gasteiger partial charge in [-0.3, -0.25) is 4.90 Å². The molecule has 3 rings (SSSR count). The average molecular weight is 318 g/mol. The van der Waals surface area contributed by atoms with Crippen LogP contribution in [0.3, 0.4) is 0 Å². The van der Waals surface area contributed by atoms with Gasteiger partial charge in [-0.25, -0.2) is 4.98 Å². The van der Waals surface area contributed by atoms with Gasteiger partial charge in [0.05, 0.1) is 12.2 Å². The van der Waals surface area contributed by atoms with E-state index in [4.69, 9.17) is 9.47 Å². The van der Waals surface area contributed by atoms with Gasteiger partial charge in [0.1, 0.15) is 5.75 Å². The van der Waals surface area contributed by atoms with Gasteiger partial charge in [0.15, 0.2) is 0 Å². The first-order valence-electron chi connectivity index (χ1n) is 7.65. The molecule has 1 saturated heterocycles. The number of aromatic nitrogens is 1. The molecule has 0 radical (unpaired) electrons. The zero-order chi connectivity index (χ0) is 15.5. The van der Waals surface area contributed by atoms with Crippen LogP contribution in [0.25, 0.3) is 0 Å². The van der Waals surface area contributed by atoms with E-state index in [9.17, 15) is 0 Å². The van der Waals surface area contributed by atoms with Gasteiger partial charge in [0, 0.05) is 30.7 Å². The van der Waals surface area contributed by atoms with Gasteiger partial charge in [-0.1, -0.05) is 29.0 Å². The van der Waals surface area contributed by atoms with Gasteiger partial charge < -0.3 is 9.47 Å². The summed E-state index contributed by atoms with van der Waals surface area (Å²) in [5.74, 6) is 0.833. The summed E-state index contributed by atoms with van der Waals surface area (Å²) in [6.07, 6.45) is 2.50. The Hall–Kier alpha value is -1.43. The van der Waals surface area contributed by atoms with E-state index in [0.29, 0.717) is 17.4 Å². The van der Waals surface area contributed by atoms with E-state index in [2.05, 4.69) is 30.7 Å². The summed E-state index contributed by atoms with van der Waals surface area (Å²) in [4.78, 5) is 8.02. The van der Waals surface area contributed by atoms with Crippen LogP contribution in [0.2, 0.25) is 0 Å². The molecule has 22 heavy (non-hydrogen) atoms. The number of ether oxygens (including phenoxy) is 2. The molecule has 1 aliphatic heterocycles. The first kappa shape index (κ1) is 15.5. The average Bonchev–Trinajstić information content (AvgIpc) is 2.87. The molecule has 2 atom stereocenters. The molecule has 0 N–H and O–H groups in total. The Morgan fingerprint density at radius 1 is 1.23 bits per heavy atom. The normalized spacial score (nSPS) is 22.7. The van der Waals surface area contributed by atoms with Crippen LogP contribution >= 0.6 is 11.3 Å². The predicted octanol–water partition coefficient (Wildman–Crippen LogP) is 3.85. The zero-order valence-electron chi connectivity index (χ0n) is 13.3. The summed E-state index contributed by atoms with van der Waals surface area (Å²) in [6.45, 7) is 9.16. The molecule has 0 saturated carbocycles. The second kappa shape index (κ2) is 6.77. The van der Waals surface area contributed by atoms with Gasteiger partial charge in [-0.05, 0) is 32.9 Å². The van der Waals surface area contributed by atoms with Crippen LogP contribution in [0.4, 0.5) is 0 Å². The molecule has 118 valence electrons. The number of aryl methyl sites for hydroxylation is 1. The van der Waals surface area contributed by atoms with Gasteiger partial charge in [0.2, 0.25) is 0 Å². The van der Waals surface area contributed by atoms with Crippen LogP contribution < -0.4 is 4.74 Å². The van der Waals surface area contributed by atoms with E-state index in [0.717, 1.165) is 25.4 Å². The molecule has 2 heterocycles. The molecule has 0 amide bonds. The Bertz CT molecular complexity index is 601. The van der Waals surface area contributed by atoms with E-state index in [-0.39, 0.29) is 0 Å². The fraction of sp³-hybridized carbons (Fsp3) is 0.471. The molecule has 0 bridgehead atoms. The molecular formula is C17H22N2O2S. The van der Waals surface area contributed by atoms with E-state index in [1.807, 2.05) is 30.5 Å². The van der Waals surface area contributed by atoms with Gasteiger partial charge >= 0.3 is 0 Å². The third-order valence-electron chi connectivity index (χ3n) is 3.63. The van der Waals surface area contributed by atoms with Crippen LogP contribution in [0.5, 0.6) is 10.9 Å². The first-order valence-corrected chi connectivity index (χ1v) is 8.47. The van der Waals surface area contributed by atoms with Crippen LogP contribution in [0.15, 0.2) is 30.5 Å². The van der Waals surface area contributed by atoms with E-state index >= 15 is 0 Å². The van der Waals surface area contributed by atoms with Gasteiger partial charge in [-0.2, -0.15) is 0 Å². The maximum Gasteiger partial charge on any atom is 0.278 e. The third kappa shape index (κ3) is 4.06. The highest BCUT2D eigenvalue weighted by molar-refractivity contribution is 7.13. The number of morpholine rings is 1.